The number of hydrogen-bond donors (Lipinski definition) is 1. The molecule has 1 N–H and O–H groups in total. The van der Waals surface area contributed by atoms with Crippen LogP contribution in [0.15, 0.2) is 30.3 Å². The Kier molecular flexibility index (Phi) is 5.37. The SMILES string of the molecule is CNCC1CN(Cc2ccccc2)CCC(C)N1C. The van der Waals surface area contributed by atoms with Crippen molar-refractivity contribution in [1.29, 1.82) is 0 Å². The van der Waals surface area contributed by atoms with Crippen molar-refractivity contribution >= 4 is 0 Å². The number of benzene rings is 1. The van der Waals surface area contributed by atoms with Crippen LogP contribution in [-0.2, 0) is 6.54 Å². The minimum absolute atomic E-state index is 0.603. The lowest BCUT2D eigenvalue weighted by Crippen LogP contribution is -2.46. The normalized spacial score (nSPS) is 26.3. The first-order chi connectivity index (χ1) is 9.20. The molecule has 0 radical (unpaired) electrons. The molecule has 2 atom stereocenters. The van der Waals surface area contributed by atoms with E-state index in [0.717, 1.165) is 19.6 Å². The molecule has 1 aromatic carbocycles. The molecule has 0 spiro atoms. The summed E-state index contributed by atoms with van der Waals surface area (Å²) in [7, 11) is 4.31. The molecule has 0 bridgehead atoms. The maximum atomic E-state index is 3.33. The second kappa shape index (κ2) is 7.04. The van der Waals surface area contributed by atoms with Crippen LogP contribution in [0, 0.1) is 0 Å². The molecule has 0 aromatic heterocycles. The first-order valence-electron chi connectivity index (χ1n) is 7.33. The second-order valence-electron chi connectivity index (χ2n) is 5.74. The molecule has 19 heavy (non-hydrogen) atoms. The van der Waals surface area contributed by atoms with Crippen molar-refractivity contribution in [2.24, 2.45) is 0 Å². The van der Waals surface area contributed by atoms with Crippen LogP contribution in [-0.4, -0.2) is 55.6 Å². The van der Waals surface area contributed by atoms with Crippen LogP contribution in [0.2, 0.25) is 0 Å². The molecule has 1 heterocycles. The molecule has 3 heteroatoms. The monoisotopic (exact) mass is 261 g/mol. The number of rotatable bonds is 4. The quantitative estimate of drug-likeness (QED) is 0.891. The molecule has 3 nitrogen and oxygen atoms in total. The van der Waals surface area contributed by atoms with E-state index < -0.39 is 0 Å². The van der Waals surface area contributed by atoms with E-state index in [1.165, 1.54) is 18.5 Å². The third-order valence-electron chi connectivity index (χ3n) is 4.29. The van der Waals surface area contributed by atoms with Gasteiger partial charge in [-0.25, -0.2) is 0 Å². The van der Waals surface area contributed by atoms with Crippen molar-refractivity contribution in [2.45, 2.75) is 32.0 Å². The van der Waals surface area contributed by atoms with E-state index in [1.807, 2.05) is 7.05 Å². The fraction of sp³-hybridized carbons (Fsp3) is 0.625. The molecule has 1 fully saturated rings. The summed E-state index contributed by atoms with van der Waals surface area (Å²) in [5.74, 6) is 0. The summed E-state index contributed by atoms with van der Waals surface area (Å²) in [5.41, 5.74) is 1.42. The summed E-state index contributed by atoms with van der Waals surface area (Å²) in [6, 6.07) is 12.1. The van der Waals surface area contributed by atoms with Gasteiger partial charge in [0, 0.05) is 38.3 Å². The Hall–Kier alpha value is -0.900. The first-order valence-corrected chi connectivity index (χ1v) is 7.33. The molecule has 1 aliphatic rings. The lowest BCUT2D eigenvalue weighted by Gasteiger charge is -2.31. The van der Waals surface area contributed by atoms with Gasteiger partial charge in [0.15, 0.2) is 0 Å². The highest BCUT2D eigenvalue weighted by atomic mass is 15.3. The number of hydrogen-bond acceptors (Lipinski definition) is 3. The van der Waals surface area contributed by atoms with Gasteiger partial charge in [-0.15, -0.1) is 0 Å². The van der Waals surface area contributed by atoms with Crippen molar-refractivity contribution in [1.82, 2.24) is 15.1 Å². The minimum Gasteiger partial charge on any atom is -0.318 e. The van der Waals surface area contributed by atoms with Gasteiger partial charge in [0.1, 0.15) is 0 Å². The molecule has 1 saturated heterocycles. The molecule has 0 saturated carbocycles. The van der Waals surface area contributed by atoms with Gasteiger partial charge in [0.2, 0.25) is 0 Å². The molecule has 1 aliphatic heterocycles. The largest absolute Gasteiger partial charge is 0.318 e. The zero-order chi connectivity index (χ0) is 13.7. The summed E-state index contributed by atoms with van der Waals surface area (Å²) in [6.07, 6.45) is 1.25. The zero-order valence-corrected chi connectivity index (χ0v) is 12.5. The predicted molar refractivity (Wildman–Crippen MR) is 81.3 cm³/mol. The molecule has 0 aliphatic carbocycles. The maximum Gasteiger partial charge on any atom is 0.0347 e. The Morgan fingerprint density at radius 1 is 1.26 bits per heavy atom. The van der Waals surface area contributed by atoms with Crippen LogP contribution in [0.1, 0.15) is 18.9 Å². The van der Waals surface area contributed by atoms with Gasteiger partial charge in [-0.2, -0.15) is 0 Å². The van der Waals surface area contributed by atoms with Gasteiger partial charge in [0.05, 0.1) is 0 Å². The van der Waals surface area contributed by atoms with Gasteiger partial charge in [-0.1, -0.05) is 30.3 Å². The van der Waals surface area contributed by atoms with Crippen molar-refractivity contribution in [3.63, 3.8) is 0 Å². The van der Waals surface area contributed by atoms with Gasteiger partial charge < -0.3 is 5.32 Å². The van der Waals surface area contributed by atoms with Crippen molar-refractivity contribution in [2.75, 3.05) is 33.7 Å². The van der Waals surface area contributed by atoms with E-state index in [9.17, 15) is 0 Å². The van der Waals surface area contributed by atoms with Crippen LogP contribution >= 0.6 is 0 Å². The minimum atomic E-state index is 0.603. The van der Waals surface area contributed by atoms with Crippen LogP contribution in [0.4, 0.5) is 0 Å². The third kappa shape index (κ3) is 4.03. The summed E-state index contributed by atoms with van der Waals surface area (Å²) in [6.45, 7) is 6.82. The standard InChI is InChI=1S/C16H27N3/c1-14-9-10-19(12-15-7-5-4-6-8-15)13-16(11-17-2)18(14)3/h4-8,14,16-17H,9-13H2,1-3H3. The van der Waals surface area contributed by atoms with E-state index in [0.29, 0.717) is 12.1 Å². The third-order valence-corrected chi connectivity index (χ3v) is 4.29. The van der Waals surface area contributed by atoms with Gasteiger partial charge in [-0.05, 0) is 33.0 Å². The van der Waals surface area contributed by atoms with E-state index in [4.69, 9.17) is 0 Å². The van der Waals surface area contributed by atoms with E-state index >= 15 is 0 Å². The van der Waals surface area contributed by atoms with Crippen molar-refractivity contribution in [3.8, 4) is 0 Å². The van der Waals surface area contributed by atoms with Gasteiger partial charge >= 0.3 is 0 Å². The fourth-order valence-corrected chi connectivity index (χ4v) is 2.88. The van der Waals surface area contributed by atoms with E-state index in [1.54, 1.807) is 0 Å². The van der Waals surface area contributed by atoms with Gasteiger partial charge in [-0.3, -0.25) is 9.80 Å². The smallest absolute Gasteiger partial charge is 0.0347 e. The Balaban J connectivity index is 2.01. The highest BCUT2D eigenvalue weighted by Crippen LogP contribution is 2.16. The molecular formula is C16H27N3. The topological polar surface area (TPSA) is 18.5 Å². The molecule has 0 amide bonds. The molecular weight excluding hydrogens is 234 g/mol. The summed E-state index contributed by atoms with van der Waals surface area (Å²) < 4.78 is 0. The highest BCUT2D eigenvalue weighted by molar-refractivity contribution is 5.14. The van der Waals surface area contributed by atoms with E-state index in [2.05, 4.69) is 59.4 Å². The maximum absolute atomic E-state index is 3.33. The first kappa shape index (κ1) is 14.5. The average Bonchev–Trinajstić information content (AvgIpc) is 2.55. The van der Waals surface area contributed by atoms with Crippen LogP contribution in [0.3, 0.4) is 0 Å². The van der Waals surface area contributed by atoms with Gasteiger partial charge in [0.25, 0.3) is 0 Å². The molecule has 1 aromatic rings. The lowest BCUT2D eigenvalue weighted by molar-refractivity contribution is 0.172. The second-order valence-corrected chi connectivity index (χ2v) is 5.74. The van der Waals surface area contributed by atoms with Crippen LogP contribution in [0.5, 0.6) is 0 Å². The summed E-state index contributed by atoms with van der Waals surface area (Å²) in [5, 5.41) is 3.33. The molecule has 2 unspecified atom stereocenters. The lowest BCUT2D eigenvalue weighted by atomic mass is 10.2. The fourth-order valence-electron chi connectivity index (χ4n) is 2.88. The van der Waals surface area contributed by atoms with Crippen LogP contribution in [0.25, 0.3) is 0 Å². The Morgan fingerprint density at radius 2 is 2.00 bits per heavy atom. The zero-order valence-electron chi connectivity index (χ0n) is 12.5. The van der Waals surface area contributed by atoms with E-state index in [-0.39, 0.29) is 0 Å². The summed E-state index contributed by atoms with van der Waals surface area (Å²) in [4.78, 5) is 5.12. The average molecular weight is 261 g/mol. The van der Waals surface area contributed by atoms with Crippen molar-refractivity contribution in [3.05, 3.63) is 35.9 Å². The Bertz CT molecular complexity index is 366. The summed E-state index contributed by atoms with van der Waals surface area (Å²) >= 11 is 0. The highest BCUT2D eigenvalue weighted by Gasteiger charge is 2.26. The molecule has 2 rings (SSSR count). The number of nitrogens with one attached hydrogen (secondary N) is 1. The predicted octanol–water partition coefficient (Wildman–Crippen LogP) is 1.80. The van der Waals surface area contributed by atoms with Crippen LogP contribution < -0.4 is 5.32 Å². The Labute approximate surface area is 117 Å². The molecule has 106 valence electrons. The Morgan fingerprint density at radius 3 is 2.68 bits per heavy atom. The van der Waals surface area contributed by atoms with Crippen molar-refractivity contribution < 1.29 is 0 Å². The number of likely N-dealkylation sites (N-methyl/N-ethyl adjacent to an activating group) is 2. The number of nitrogens with zero attached hydrogens (tertiary/aromatic N) is 2.